The molecule has 0 amide bonds. The number of rotatable bonds is 5. The van der Waals surface area contributed by atoms with Gasteiger partial charge >= 0.3 is 0 Å². The fraction of sp³-hybridized carbons (Fsp3) is 0.400. The molecule has 0 bridgehead atoms. The van der Waals surface area contributed by atoms with Crippen molar-refractivity contribution in [2.45, 2.75) is 24.3 Å². The molecule has 0 heterocycles. The van der Waals surface area contributed by atoms with Gasteiger partial charge in [-0.15, -0.1) is 0 Å². The number of nitrogen functional groups attached to an aromatic ring is 1. The average molecular weight is 341 g/mol. The summed E-state index contributed by atoms with van der Waals surface area (Å²) in [5.74, 6) is -0.913. The number of nitrogens with two attached hydrogens (primary N) is 1. The van der Waals surface area contributed by atoms with Crippen LogP contribution in [-0.2, 0) is 10.0 Å². The normalized spacial score (nSPS) is 13.6. The molecular formula is C10H14BrFN2O3S. The Morgan fingerprint density at radius 3 is 2.67 bits per heavy atom. The van der Waals surface area contributed by atoms with Crippen molar-refractivity contribution in [3.8, 4) is 0 Å². The smallest absolute Gasteiger partial charge is 0.243 e. The average Bonchev–Trinajstić information content (AvgIpc) is 2.30. The summed E-state index contributed by atoms with van der Waals surface area (Å²) in [6, 6.07) is 1.65. The van der Waals surface area contributed by atoms with Crippen LogP contribution in [0.2, 0.25) is 0 Å². The van der Waals surface area contributed by atoms with Crippen LogP contribution in [0.3, 0.4) is 0 Å². The van der Waals surface area contributed by atoms with Crippen molar-refractivity contribution in [3.05, 3.63) is 22.4 Å². The van der Waals surface area contributed by atoms with Gasteiger partial charge in [0.05, 0.1) is 11.1 Å². The summed E-state index contributed by atoms with van der Waals surface area (Å²) in [6.07, 6.45) is 0.390. The van der Waals surface area contributed by atoms with Gasteiger partial charge in [0.15, 0.2) is 5.82 Å². The van der Waals surface area contributed by atoms with E-state index in [2.05, 4.69) is 20.7 Å². The molecule has 0 aromatic heterocycles. The molecule has 1 aromatic carbocycles. The lowest BCUT2D eigenvalue weighted by Crippen LogP contribution is -2.37. The molecule has 0 saturated heterocycles. The molecule has 0 radical (unpaired) electrons. The summed E-state index contributed by atoms with van der Waals surface area (Å²) in [7, 11) is -4.05. The molecule has 0 aliphatic rings. The third-order valence-electron chi connectivity index (χ3n) is 2.34. The van der Waals surface area contributed by atoms with E-state index in [0.29, 0.717) is 6.42 Å². The number of anilines is 1. The number of aliphatic hydroxyl groups excluding tert-OH is 1. The molecule has 5 nitrogen and oxygen atoms in total. The third kappa shape index (κ3) is 3.41. The van der Waals surface area contributed by atoms with Crippen molar-refractivity contribution in [1.82, 2.24) is 4.72 Å². The van der Waals surface area contributed by atoms with Gasteiger partial charge < -0.3 is 10.8 Å². The van der Waals surface area contributed by atoms with E-state index in [0.717, 1.165) is 6.07 Å². The molecule has 0 saturated carbocycles. The highest BCUT2D eigenvalue weighted by molar-refractivity contribution is 9.10. The van der Waals surface area contributed by atoms with Crippen molar-refractivity contribution in [2.75, 3.05) is 12.3 Å². The minimum absolute atomic E-state index is 0.0279. The van der Waals surface area contributed by atoms with Crippen LogP contribution in [0, 0.1) is 5.82 Å². The van der Waals surface area contributed by atoms with Gasteiger partial charge in [0.25, 0.3) is 0 Å². The zero-order valence-electron chi connectivity index (χ0n) is 9.65. The van der Waals surface area contributed by atoms with E-state index < -0.39 is 26.8 Å². The van der Waals surface area contributed by atoms with Crippen LogP contribution >= 0.6 is 15.9 Å². The van der Waals surface area contributed by atoms with Gasteiger partial charge in [-0.2, -0.15) is 0 Å². The van der Waals surface area contributed by atoms with E-state index in [4.69, 9.17) is 10.8 Å². The highest BCUT2D eigenvalue weighted by Crippen LogP contribution is 2.26. The molecule has 1 rings (SSSR count). The zero-order valence-corrected chi connectivity index (χ0v) is 12.1. The van der Waals surface area contributed by atoms with E-state index in [1.54, 1.807) is 6.92 Å². The van der Waals surface area contributed by atoms with Crippen LogP contribution < -0.4 is 10.5 Å². The van der Waals surface area contributed by atoms with Crippen molar-refractivity contribution < 1.29 is 17.9 Å². The first-order valence-electron chi connectivity index (χ1n) is 5.19. The molecule has 0 spiro atoms. The Balaban J connectivity index is 3.20. The summed E-state index contributed by atoms with van der Waals surface area (Å²) in [5.41, 5.74) is 5.61. The van der Waals surface area contributed by atoms with E-state index in [9.17, 15) is 12.8 Å². The summed E-state index contributed by atoms with van der Waals surface area (Å²) in [6.45, 7) is 1.34. The van der Waals surface area contributed by atoms with E-state index in [1.807, 2.05) is 0 Å². The lowest BCUT2D eigenvalue weighted by atomic mass is 10.3. The Bertz CT molecular complexity index is 532. The van der Waals surface area contributed by atoms with Crippen molar-refractivity contribution in [1.29, 1.82) is 0 Å². The molecule has 0 aliphatic heterocycles. The maximum Gasteiger partial charge on any atom is 0.243 e. The van der Waals surface area contributed by atoms with E-state index in [-0.39, 0.29) is 16.8 Å². The number of halogens is 2. The Labute approximate surface area is 113 Å². The molecule has 0 aliphatic carbocycles. The molecule has 4 N–H and O–H groups in total. The van der Waals surface area contributed by atoms with Crippen LogP contribution in [0.4, 0.5) is 10.1 Å². The Morgan fingerprint density at radius 2 is 2.17 bits per heavy atom. The van der Waals surface area contributed by atoms with Gasteiger partial charge in [-0.1, -0.05) is 6.92 Å². The van der Waals surface area contributed by atoms with Gasteiger partial charge in [-0.05, 0) is 34.5 Å². The summed E-state index contributed by atoms with van der Waals surface area (Å²) < 4.78 is 39.8. The molecule has 1 atom stereocenters. The number of benzene rings is 1. The van der Waals surface area contributed by atoms with Crippen LogP contribution in [-0.4, -0.2) is 26.2 Å². The van der Waals surface area contributed by atoms with Gasteiger partial charge in [-0.3, -0.25) is 0 Å². The van der Waals surface area contributed by atoms with Gasteiger partial charge in [0.2, 0.25) is 10.0 Å². The second-order valence-electron chi connectivity index (χ2n) is 3.72. The first-order chi connectivity index (χ1) is 8.31. The second kappa shape index (κ2) is 5.96. The summed E-state index contributed by atoms with van der Waals surface area (Å²) in [4.78, 5) is -0.540. The van der Waals surface area contributed by atoms with Gasteiger partial charge in [-0.25, -0.2) is 17.5 Å². The third-order valence-corrected chi connectivity index (χ3v) is 4.44. The number of nitrogens with one attached hydrogen (secondary N) is 1. The number of hydrogen-bond acceptors (Lipinski definition) is 4. The Hall–Kier alpha value is -0.700. The fourth-order valence-electron chi connectivity index (χ4n) is 1.31. The first-order valence-corrected chi connectivity index (χ1v) is 7.47. The lowest BCUT2D eigenvalue weighted by molar-refractivity contribution is 0.253. The zero-order chi connectivity index (χ0) is 13.9. The highest BCUT2D eigenvalue weighted by atomic mass is 79.9. The number of sulfonamides is 1. The Morgan fingerprint density at radius 1 is 1.56 bits per heavy atom. The van der Waals surface area contributed by atoms with Crippen LogP contribution in [0.5, 0.6) is 0 Å². The van der Waals surface area contributed by atoms with Crippen LogP contribution in [0.25, 0.3) is 0 Å². The van der Waals surface area contributed by atoms with Crippen LogP contribution in [0.1, 0.15) is 13.3 Å². The Kier molecular flexibility index (Phi) is 5.09. The minimum atomic E-state index is -4.05. The summed E-state index contributed by atoms with van der Waals surface area (Å²) >= 11 is 2.89. The monoisotopic (exact) mass is 340 g/mol. The van der Waals surface area contributed by atoms with E-state index >= 15 is 0 Å². The highest BCUT2D eigenvalue weighted by Gasteiger charge is 2.24. The maximum atomic E-state index is 13.8. The SMILES string of the molecule is CC[C@H](CO)NS(=O)(=O)c1cc(N)cc(Br)c1F. The predicted molar refractivity (Wildman–Crippen MR) is 70.0 cm³/mol. The van der Waals surface area contributed by atoms with Gasteiger partial charge in [0, 0.05) is 11.7 Å². The van der Waals surface area contributed by atoms with Crippen LogP contribution in [0.15, 0.2) is 21.5 Å². The largest absolute Gasteiger partial charge is 0.399 e. The van der Waals surface area contributed by atoms with E-state index in [1.165, 1.54) is 6.07 Å². The number of hydrogen-bond donors (Lipinski definition) is 3. The summed E-state index contributed by atoms with van der Waals surface area (Å²) in [5, 5.41) is 8.96. The minimum Gasteiger partial charge on any atom is -0.399 e. The topological polar surface area (TPSA) is 92.4 Å². The first kappa shape index (κ1) is 15.4. The standard InChI is InChI=1S/C10H14BrFN2O3S/c1-2-7(5-15)14-18(16,17)9-4-6(13)3-8(11)10(9)12/h3-4,7,14-15H,2,5,13H2,1H3/t7-/m1/s1. The predicted octanol–water partition coefficient (Wildman–Crippen LogP) is 1.22. The molecule has 0 unspecified atom stereocenters. The molecule has 0 fully saturated rings. The maximum absolute atomic E-state index is 13.8. The lowest BCUT2D eigenvalue weighted by Gasteiger charge is -2.15. The molecular weight excluding hydrogens is 327 g/mol. The van der Waals surface area contributed by atoms with Crippen molar-refractivity contribution >= 4 is 31.6 Å². The molecule has 8 heteroatoms. The molecule has 18 heavy (non-hydrogen) atoms. The van der Waals surface area contributed by atoms with Crippen molar-refractivity contribution in [2.24, 2.45) is 0 Å². The number of aliphatic hydroxyl groups is 1. The van der Waals surface area contributed by atoms with Gasteiger partial charge in [0.1, 0.15) is 4.90 Å². The second-order valence-corrected chi connectivity index (χ2v) is 6.26. The molecule has 102 valence electrons. The van der Waals surface area contributed by atoms with Crippen molar-refractivity contribution in [3.63, 3.8) is 0 Å². The quantitative estimate of drug-likeness (QED) is 0.702. The fourth-order valence-corrected chi connectivity index (χ4v) is 3.37. The molecule has 1 aromatic rings.